The molecule has 142 valence electrons. The van der Waals surface area contributed by atoms with E-state index in [1.165, 1.54) is 0 Å². The average Bonchev–Trinajstić information content (AvgIpc) is 3.30. The summed E-state index contributed by atoms with van der Waals surface area (Å²) in [6.45, 7) is 4.44. The average molecular weight is 374 g/mol. The fourth-order valence-corrected chi connectivity index (χ4v) is 3.18. The van der Waals surface area contributed by atoms with Gasteiger partial charge in [0.15, 0.2) is 5.69 Å². The third-order valence-electron chi connectivity index (χ3n) is 4.51. The normalized spacial score (nSPS) is 12.2. The summed E-state index contributed by atoms with van der Waals surface area (Å²) in [7, 11) is 0. The summed E-state index contributed by atoms with van der Waals surface area (Å²) >= 11 is 0. The van der Waals surface area contributed by atoms with Crippen LogP contribution in [0.1, 0.15) is 23.7 Å². The number of benzene rings is 2. The smallest absolute Gasteiger partial charge is 0.278 e. The van der Waals surface area contributed by atoms with Gasteiger partial charge >= 0.3 is 0 Å². The summed E-state index contributed by atoms with van der Waals surface area (Å²) in [6, 6.07) is 19.9. The van der Waals surface area contributed by atoms with Crippen LogP contribution in [0.5, 0.6) is 0 Å². The first-order valence-electron chi connectivity index (χ1n) is 9.28. The highest BCUT2D eigenvalue weighted by Crippen LogP contribution is 2.22. The molecule has 0 amide bonds. The minimum atomic E-state index is -0.357. The van der Waals surface area contributed by atoms with Gasteiger partial charge in [0.05, 0.1) is 12.6 Å². The predicted octanol–water partition coefficient (Wildman–Crippen LogP) is 3.88. The van der Waals surface area contributed by atoms with E-state index in [2.05, 4.69) is 27.4 Å². The largest absolute Gasteiger partial charge is 0.393 e. The van der Waals surface area contributed by atoms with E-state index in [1.807, 2.05) is 60.1 Å². The summed E-state index contributed by atoms with van der Waals surface area (Å²) < 4.78 is 7.34. The highest BCUT2D eigenvalue weighted by atomic mass is 16.5. The van der Waals surface area contributed by atoms with Gasteiger partial charge in [0.1, 0.15) is 0 Å². The van der Waals surface area contributed by atoms with Crippen molar-refractivity contribution in [3.8, 4) is 23.0 Å². The number of aliphatic hydroxyl groups is 1. The van der Waals surface area contributed by atoms with Gasteiger partial charge < -0.3 is 9.63 Å². The van der Waals surface area contributed by atoms with Crippen molar-refractivity contribution in [2.45, 2.75) is 32.9 Å². The molecule has 0 radical (unpaired) electrons. The molecule has 1 N–H and O–H groups in total. The molecular weight excluding hydrogens is 352 g/mol. The lowest BCUT2D eigenvalue weighted by molar-refractivity contribution is 0.195. The fraction of sp³-hybridized carbons (Fsp3) is 0.227. The lowest BCUT2D eigenvalue weighted by atomic mass is 10.1. The standard InChI is InChI=1S/C22H22N4O2/c1-15-11-20(22-23-21(25-28-22)19-9-4-3-5-10-19)24-26(15)14-18-8-6-7-17(13-18)12-16(2)27/h3-11,13,16,27H,12,14H2,1-2H3. The van der Waals surface area contributed by atoms with Crippen molar-refractivity contribution in [2.75, 3.05) is 0 Å². The lowest BCUT2D eigenvalue weighted by Crippen LogP contribution is -2.07. The van der Waals surface area contributed by atoms with Gasteiger partial charge in [0.25, 0.3) is 5.89 Å². The van der Waals surface area contributed by atoms with E-state index in [0.29, 0.717) is 30.4 Å². The van der Waals surface area contributed by atoms with Crippen LogP contribution in [0.4, 0.5) is 0 Å². The summed E-state index contributed by atoms with van der Waals surface area (Å²) in [4.78, 5) is 4.48. The molecule has 6 nitrogen and oxygen atoms in total. The summed E-state index contributed by atoms with van der Waals surface area (Å²) in [5.74, 6) is 0.956. The molecule has 6 heteroatoms. The Kier molecular flexibility index (Phi) is 5.04. The molecule has 4 aromatic rings. The topological polar surface area (TPSA) is 77.0 Å². The minimum absolute atomic E-state index is 0.357. The third kappa shape index (κ3) is 4.02. The van der Waals surface area contributed by atoms with E-state index in [0.717, 1.165) is 22.4 Å². The zero-order chi connectivity index (χ0) is 19.5. The molecule has 1 atom stereocenters. The van der Waals surface area contributed by atoms with E-state index in [4.69, 9.17) is 4.52 Å². The first-order valence-corrected chi connectivity index (χ1v) is 9.28. The van der Waals surface area contributed by atoms with Crippen molar-refractivity contribution < 1.29 is 9.63 Å². The zero-order valence-corrected chi connectivity index (χ0v) is 15.9. The molecule has 1 unspecified atom stereocenters. The molecule has 28 heavy (non-hydrogen) atoms. The van der Waals surface area contributed by atoms with Crippen molar-refractivity contribution in [1.29, 1.82) is 0 Å². The van der Waals surface area contributed by atoms with E-state index < -0.39 is 0 Å². The van der Waals surface area contributed by atoms with Gasteiger partial charge in [0.2, 0.25) is 5.82 Å². The van der Waals surface area contributed by atoms with Crippen molar-refractivity contribution in [1.82, 2.24) is 19.9 Å². The van der Waals surface area contributed by atoms with Gasteiger partial charge in [-0.05, 0) is 37.5 Å². The van der Waals surface area contributed by atoms with Crippen LogP contribution in [0, 0.1) is 6.92 Å². The number of nitrogens with zero attached hydrogens (tertiary/aromatic N) is 4. The number of aryl methyl sites for hydroxylation is 1. The molecule has 2 heterocycles. The Morgan fingerprint density at radius 3 is 2.61 bits per heavy atom. The van der Waals surface area contributed by atoms with Gasteiger partial charge in [-0.1, -0.05) is 59.8 Å². The number of rotatable bonds is 6. The molecule has 0 aliphatic carbocycles. The summed E-state index contributed by atoms with van der Waals surface area (Å²) in [6.07, 6.45) is 0.283. The number of aliphatic hydroxyl groups excluding tert-OH is 1. The summed E-state index contributed by atoms with van der Waals surface area (Å²) in [5, 5.41) is 18.3. The predicted molar refractivity (Wildman–Crippen MR) is 107 cm³/mol. The number of aromatic nitrogens is 4. The van der Waals surface area contributed by atoms with Gasteiger partial charge in [-0.3, -0.25) is 4.68 Å². The van der Waals surface area contributed by atoms with Crippen LogP contribution in [0.25, 0.3) is 23.0 Å². The third-order valence-corrected chi connectivity index (χ3v) is 4.51. The van der Waals surface area contributed by atoms with E-state index >= 15 is 0 Å². The van der Waals surface area contributed by atoms with E-state index in [1.54, 1.807) is 6.92 Å². The molecule has 0 fully saturated rings. The van der Waals surface area contributed by atoms with Crippen LogP contribution in [-0.4, -0.2) is 31.1 Å². The second-order valence-corrected chi connectivity index (χ2v) is 6.99. The first-order chi connectivity index (χ1) is 13.6. The minimum Gasteiger partial charge on any atom is -0.393 e. The van der Waals surface area contributed by atoms with Crippen LogP contribution >= 0.6 is 0 Å². The zero-order valence-electron chi connectivity index (χ0n) is 15.9. The molecule has 2 aromatic carbocycles. The Labute approximate surface area is 163 Å². The van der Waals surface area contributed by atoms with Crippen molar-refractivity contribution in [3.05, 3.63) is 77.5 Å². The van der Waals surface area contributed by atoms with Gasteiger partial charge in [-0.2, -0.15) is 10.1 Å². The Hall–Kier alpha value is -3.25. The number of hydrogen-bond donors (Lipinski definition) is 1. The maximum absolute atomic E-state index is 9.60. The molecule has 0 bridgehead atoms. The van der Waals surface area contributed by atoms with Crippen LogP contribution < -0.4 is 0 Å². The molecule has 0 spiro atoms. The van der Waals surface area contributed by atoms with Crippen molar-refractivity contribution >= 4 is 0 Å². The molecule has 0 aliphatic rings. The van der Waals surface area contributed by atoms with Crippen LogP contribution in [0.2, 0.25) is 0 Å². The second-order valence-electron chi connectivity index (χ2n) is 6.99. The lowest BCUT2D eigenvalue weighted by Gasteiger charge is -2.08. The van der Waals surface area contributed by atoms with Crippen molar-refractivity contribution in [2.24, 2.45) is 0 Å². The Morgan fingerprint density at radius 1 is 1.04 bits per heavy atom. The highest BCUT2D eigenvalue weighted by molar-refractivity contribution is 5.57. The first kappa shape index (κ1) is 18.1. The Morgan fingerprint density at radius 2 is 1.82 bits per heavy atom. The second kappa shape index (κ2) is 7.78. The van der Waals surface area contributed by atoms with E-state index in [9.17, 15) is 5.11 Å². The van der Waals surface area contributed by atoms with Crippen LogP contribution in [0.3, 0.4) is 0 Å². The van der Waals surface area contributed by atoms with Gasteiger partial charge in [-0.25, -0.2) is 0 Å². The van der Waals surface area contributed by atoms with Crippen LogP contribution in [-0.2, 0) is 13.0 Å². The molecule has 4 rings (SSSR count). The molecule has 0 aliphatic heterocycles. The van der Waals surface area contributed by atoms with Crippen molar-refractivity contribution in [3.63, 3.8) is 0 Å². The quantitative estimate of drug-likeness (QED) is 0.554. The Bertz CT molecular complexity index is 1070. The number of hydrogen-bond acceptors (Lipinski definition) is 5. The SMILES string of the molecule is Cc1cc(-c2nc(-c3ccccc3)no2)nn1Cc1cccc(CC(C)O)c1. The maximum atomic E-state index is 9.60. The monoisotopic (exact) mass is 374 g/mol. The molecular formula is C22H22N4O2. The van der Waals surface area contributed by atoms with E-state index in [-0.39, 0.29) is 6.10 Å². The maximum Gasteiger partial charge on any atom is 0.278 e. The summed E-state index contributed by atoms with van der Waals surface area (Å²) in [5.41, 5.74) is 4.82. The van der Waals surface area contributed by atoms with Gasteiger partial charge in [-0.15, -0.1) is 0 Å². The highest BCUT2D eigenvalue weighted by Gasteiger charge is 2.15. The van der Waals surface area contributed by atoms with Gasteiger partial charge in [0, 0.05) is 11.3 Å². The van der Waals surface area contributed by atoms with Crippen LogP contribution in [0.15, 0.2) is 65.2 Å². The molecule has 0 saturated carbocycles. The Balaban J connectivity index is 1.55. The molecule has 2 aromatic heterocycles. The fourth-order valence-electron chi connectivity index (χ4n) is 3.18. The molecule has 0 saturated heterocycles.